The third kappa shape index (κ3) is 2.62. The van der Waals surface area contributed by atoms with Crippen LogP contribution in [0.3, 0.4) is 0 Å². The summed E-state index contributed by atoms with van der Waals surface area (Å²) in [7, 11) is 0. The third-order valence-corrected chi connectivity index (χ3v) is 8.71. The van der Waals surface area contributed by atoms with E-state index in [2.05, 4.69) is 114 Å². The molecule has 0 unspecified atom stereocenters. The normalized spacial score (nSPS) is 12.3. The predicted molar refractivity (Wildman–Crippen MR) is 156 cm³/mol. The van der Waals surface area contributed by atoms with Gasteiger partial charge in [0.2, 0.25) is 0 Å². The quantitative estimate of drug-likeness (QED) is 0.229. The van der Waals surface area contributed by atoms with Crippen LogP contribution in [0.4, 0.5) is 0 Å². The number of thiophene rings is 1. The minimum atomic E-state index is 0.600. The van der Waals surface area contributed by atoms with Crippen LogP contribution in [-0.4, -0.2) is 9.55 Å². The fourth-order valence-corrected chi connectivity index (χ4v) is 6.98. The van der Waals surface area contributed by atoms with Gasteiger partial charge < -0.3 is 4.42 Å². The van der Waals surface area contributed by atoms with E-state index in [-0.39, 0.29) is 0 Å². The highest BCUT2D eigenvalue weighted by atomic mass is 32.1. The first-order valence-electron chi connectivity index (χ1n) is 12.4. The van der Waals surface area contributed by atoms with Gasteiger partial charge in [0.1, 0.15) is 5.52 Å². The number of nitrogens with zero attached hydrogens (tertiary/aromatic N) is 2. The van der Waals surface area contributed by atoms with Gasteiger partial charge in [0, 0.05) is 30.9 Å². The summed E-state index contributed by atoms with van der Waals surface area (Å²) in [4.78, 5) is 5.05. The zero-order valence-corrected chi connectivity index (χ0v) is 20.4. The molecule has 0 saturated carbocycles. The van der Waals surface area contributed by atoms with Gasteiger partial charge in [0.15, 0.2) is 5.58 Å². The molecule has 0 radical (unpaired) electrons. The fourth-order valence-electron chi connectivity index (χ4n) is 5.87. The molecule has 9 rings (SSSR count). The molecule has 0 N–H and O–H groups in total. The number of rotatable bonds is 1. The molecule has 0 spiro atoms. The molecule has 0 saturated heterocycles. The second kappa shape index (κ2) is 6.96. The molecular formula is C33H18N2OS. The Balaban J connectivity index is 1.45. The third-order valence-electron chi connectivity index (χ3n) is 7.58. The molecule has 3 heterocycles. The van der Waals surface area contributed by atoms with E-state index in [1.165, 1.54) is 47.1 Å². The maximum Gasteiger partial charge on any atom is 0.307 e. The van der Waals surface area contributed by atoms with Gasteiger partial charge in [-0.3, -0.25) is 4.57 Å². The summed E-state index contributed by atoms with van der Waals surface area (Å²) in [5.74, 6) is 0. The summed E-state index contributed by atoms with van der Waals surface area (Å²) in [5, 5.41) is 9.62. The topological polar surface area (TPSA) is 31.0 Å². The van der Waals surface area contributed by atoms with Gasteiger partial charge in [-0.1, -0.05) is 66.7 Å². The van der Waals surface area contributed by atoms with Gasteiger partial charge in [-0.15, -0.1) is 11.3 Å². The van der Waals surface area contributed by atoms with E-state index in [1.54, 1.807) is 11.3 Å². The maximum absolute atomic E-state index is 6.69. The Kier molecular flexibility index (Phi) is 3.67. The molecule has 6 aromatic carbocycles. The number of benzene rings is 6. The number of aromatic nitrogens is 2. The van der Waals surface area contributed by atoms with Gasteiger partial charge >= 0.3 is 6.01 Å². The maximum atomic E-state index is 6.69. The van der Waals surface area contributed by atoms with E-state index in [9.17, 15) is 0 Å². The predicted octanol–water partition coefficient (Wildman–Crippen LogP) is 9.60. The lowest BCUT2D eigenvalue weighted by atomic mass is 10.0. The second-order valence-corrected chi connectivity index (χ2v) is 10.7. The van der Waals surface area contributed by atoms with Gasteiger partial charge in [0.05, 0.1) is 11.0 Å². The number of hydrogen-bond acceptors (Lipinski definition) is 3. The van der Waals surface area contributed by atoms with Crippen LogP contribution in [0.1, 0.15) is 0 Å². The van der Waals surface area contributed by atoms with Gasteiger partial charge in [-0.25, -0.2) is 0 Å². The molecule has 4 heteroatoms. The number of oxazole rings is 1. The molecule has 3 nitrogen and oxygen atoms in total. The van der Waals surface area contributed by atoms with Crippen LogP contribution in [0.5, 0.6) is 0 Å². The molecule has 0 aliphatic rings. The van der Waals surface area contributed by atoms with E-state index in [0.29, 0.717) is 6.01 Å². The highest BCUT2D eigenvalue weighted by molar-refractivity contribution is 7.26. The zero-order valence-electron chi connectivity index (χ0n) is 19.6. The molecule has 0 bridgehead atoms. The smallest absolute Gasteiger partial charge is 0.307 e. The van der Waals surface area contributed by atoms with E-state index in [1.807, 2.05) is 0 Å². The summed E-state index contributed by atoms with van der Waals surface area (Å²) in [6.45, 7) is 0. The Morgan fingerprint density at radius 3 is 1.84 bits per heavy atom. The molecule has 37 heavy (non-hydrogen) atoms. The van der Waals surface area contributed by atoms with Crippen molar-refractivity contribution in [2.45, 2.75) is 0 Å². The highest BCUT2D eigenvalue weighted by Gasteiger charge is 2.20. The molecule has 0 fully saturated rings. The molecule has 0 atom stereocenters. The molecule has 172 valence electrons. The number of hydrogen-bond donors (Lipinski definition) is 0. The fraction of sp³-hybridized carbons (Fsp3) is 0. The monoisotopic (exact) mass is 490 g/mol. The lowest BCUT2D eigenvalue weighted by Gasteiger charge is -2.04. The summed E-state index contributed by atoms with van der Waals surface area (Å²) < 4.78 is 11.4. The Labute approximate surface area is 214 Å². The van der Waals surface area contributed by atoms with Crippen LogP contribution in [0.15, 0.2) is 114 Å². The van der Waals surface area contributed by atoms with Crippen molar-refractivity contribution < 1.29 is 4.42 Å². The Hall–Kier alpha value is -4.67. The first kappa shape index (κ1) is 19.5. The van der Waals surface area contributed by atoms with Crippen LogP contribution < -0.4 is 0 Å². The van der Waals surface area contributed by atoms with Crippen molar-refractivity contribution in [3.8, 4) is 6.01 Å². The lowest BCUT2D eigenvalue weighted by Crippen LogP contribution is -1.94. The zero-order chi connectivity index (χ0) is 24.1. The minimum Gasteiger partial charge on any atom is -0.422 e. The van der Waals surface area contributed by atoms with Crippen molar-refractivity contribution in [1.82, 2.24) is 9.55 Å². The van der Waals surface area contributed by atoms with Gasteiger partial charge in [-0.2, -0.15) is 4.98 Å². The molecule has 3 aromatic heterocycles. The summed E-state index contributed by atoms with van der Waals surface area (Å²) in [5.41, 5.74) is 3.92. The number of fused-ring (bicyclic) bond motifs is 10. The van der Waals surface area contributed by atoms with E-state index < -0.39 is 0 Å². The Morgan fingerprint density at radius 2 is 1.16 bits per heavy atom. The summed E-state index contributed by atoms with van der Waals surface area (Å²) in [6, 6.07) is 39.6. The largest absolute Gasteiger partial charge is 0.422 e. The summed E-state index contributed by atoms with van der Waals surface area (Å²) >= 11 is 1.80. The van der Waals surface area contributed by atoms with Crippen LogP contribution in [0.25, 0.3) is 80.6 Å². The van der Waals surface area contributed by atoms with E-state index in [0.717, 1.165) is 27.5 Å². The van der Waals surface area contributed by atoms with Crippen molar-refractivity contribution >= 4 is 86.0 Å². The van der Waals surface area contributed by atoms with Crippen molar-refractivity contribution in [1.29, 1.82) is 0 Å². The Morgan fingerprint density at radius 1 is 0.568 bits per heavy atom. The SMILES string of the molecule is c1ccc2cc3c(cc2c1)c1cc2ccccc2cc1n3-c1nc2ccc3sc4ccccc4c3c2o1. The second-order valence-electron chi connectivity index (χ2n) is 9.65. The Bertz CT molecular complexity index is 2280. The first-order chi connectivity index (χ1) is 18.3. The summed E-state index contributed by atoms with van der Waals surface area (Å²) in [6.07, 6.45) is 0. The van der Waals surface area contributed by atoms with Crippen LogP contribution in [0, 0.1) is 0 Å². The molecule has 9 aromatic rings. The van der Waals surface area contributed by atoms with Crippen molar-refractivity contribution in [3.63, 3.8) is 0 Å². The minimum absolute atomic E-state index is 0.600. The van der Waals surface area contributed by atoms with Gasteiger partial charge in [0.25, 0.3) is 0 Å². The van der Waals surface area contributed by atoms with E-state index >= 15 is 0 Å². The standard InChI is InChI=1S/C33H18N2OS/c1-3-9-21-17-27-24(15-19(21)7-1)25-16-20-8-2-4-10-22(20)18-28(25)35(27)33-34-26-13-14-30-31(32(26)36-33)23-11-5-6-12-29(23)37-30/h1-18H. The van der Waals surface area contributed by atoms with Crippen molar-refractivity contribution in [3.05, 3.63) is 109 Å². The molecule has 0 aliphatic heterocycles. The molecule has 0 amide bonds. The van der Waals surface area contributed by atoms with Crippen LogP contribution >= 0.6 is 11.3 Å². The first-order valence-corrected chi connectivity index (χ1v) is 13.2. The molecule has 0 aliphatic carbocycles. The average molecular weight is 491 g/mol. The molecular weight excluding hydrogens is 472 g/mol. The van der Waals surface area contributed by atoms with E-state index in [4.69, 9.17) is 9.40 Å². The lowest BCUT2D eigenvalue weighted by molar-refractivity contribution is 0.577. The van der Waals surface area contributed by atoms with Gasteiger partial charge in [-0.05, 0) is 64.0 Å². The van der Waals surface area contributed by atoms with Crippen LogP contribution in [-0.2, 0) is 0 Å². The van der Waals surface area contributed by atoms with Crippen molar-refractivity contribution in [2.24, 2.45) is 0 Å². The highest BCUT2D eigenvalue weighted by Crippen LogP contribution is 2.41. The average Bonchev–Trinajstić information content (AvgIpc) is 3.61. The van der Waals surface area contributed by atoms with Crippen molar-refractivity contribution in [2.75, 3.05) is 0 Å². The van der Waals surface area contributed by atoms with Crippen LogP contribution in [0.2, 0.25) is 0 Å².